The fourth-order valence-corrected chi connectivity index (χ4v) is 1.87. The molecule has 0 radical (unpaired) electrons. The van der Waals surface area contributed by atoms with Crippen LogP contribution in [0.4, 0.5) is 0 Å². The zero-order valence-corrected chi connectivity index (χ0v) is 12.0. The van der Waals surface area contributed by atoms with Gasteiger partial charge in [-0.15, -0.1) is 0 Å². The van der Waals surface area contributed by atoms with E-state index in [9.17, 15) is 13.2 Å². The Morgan fingerprint density at radius 2 is 1.38 bits per heavy atom. The van der Waals surface area contributed by atoms with Crippen molar-refractivity contribution in [1.82, 2.24) is 0 Å². The normalized spacial score (nSPS) is 10.7. The second kappa shape index (κ2) is 9.44. The third-order valence-corrected chi connectivity index (χ3v) is 2.86. The number of hydrogen-bond donors (Lipinski definition) is 1. The largest absolute Gasteiger partial charge is 0.480 e. The summed E-state index contributed by atoms with van der Waals surface area (Å²) in [4.78, 5) is 10.7. The molecule has 110 valence electrons. The van der Waals surface area contributed by atoms with E-state index in [0.717, 1.165) is 5.56 Å². The van der Waals surface area contributed by atoms with Gasteiger partial charge in [-0.05, 0) is 5.56 Å². The van der Waals surface area contributed by atoms with Gasteiger partial charge in [-0.3, -0.25) is 0 Å². The van der Waals surface area contributed by atoms with Crippen LogP contribution in [0, 0.1) is 0 Å². The first-order chi connectivity index (χ1) is 10.1. The Kier molecular flexibility index (Phi) is 7.45. The van der Waals surface area contributed by atoms with Crippen LogP contribution >= 0.6 is 0 Å². The molecule has 0 saturated heterocycles. The van der Waals surface area contributed by atoms with Crippen molar-refractivity contribution in [3.05, 3.63) is 72.3 Å². The van der Waals surface area contributed by atoms with Crippen LogP contribution in [0.1, 0.15) is 5.56 Å². The third-order valence-electron chi connectivity index (χ3n) is 2.44. The Balaban J connectivity index is 0.000000304. The van der Waals surface area contributed by atoms with Crippen LogP contribution in [-0.2, 0) is 21.7 Å². The van der Waals surface area contributed by atoms with E-state index in [0.29, 0.717) is 0 Å². The average molecular weight is 305 g/mol. The zero-order chi connectivity index (χ0) is 15.5. The number of rotatable bonds is 4. The van der Waals surface area contributed by atoms with Crippen molar-refractivity contribution in [1.29, 1.82) is 0 Å². The molecule has 1 N–H and O–H groups in total. The predicted molar refractivity (Wildman–Crippen MR) is 79.4 cm³/mol. The predicted octanol–water partition coefficient (Wildman–Crippen LogP) is 2.43. The van der Waals surface area contributed by atoms with E-state index in [4.69, 9.17) is 5.11 Å². The third kappa shape index (κ3) is 7.64. The quantitative estimate of drug-likeness (QED) is 0.940. The minimum atomic E-state index is -2.70. The van der Waals surface area contributed by atoms with Gasteiger partial charge in [-0.25, -0.2) is 4.79 Å². The topological polar surface area (TPSA) is 83.8 Å². The second-order valence-corrected chi connectivity index (χ2v) is 4.67. The van der Waals surface area contributed by atoms with Crippen LogP contribution in [-0.4, -0.2) is 25.5 Å². The maximum Gasteiger partial charge on any atom is 0.330 e. The van der Waals surface area contributed by atoms with Crippen molar-refractivity contribution in [2.24, 2.45) is 4.36 Å². The van der Waals surface area contributed by atoms with Crippen molar-refractivity contribution in [2.75, 3.05) is 0 Å². The Hall–Kier alpha value is -2.47. The average Bonchev–Trinajstić information content (AvgIpc) is 2.49. The first-order valence-corrected chi connectivity index (χ1v) is 7.19. The van der Waals surface area contributed by atoms with Gasteiger partial charge in [-0.1, -0.05) is 66.7 Å². The molecule has 5 nitrogen and oxygen atoms in total. The molecular weight excluding hydrogens is 290 g/mol. The van der Waals surface area contributed by atoms with Crippen LogP contribution in [0.15, 0.2) is 71.1 Å². The Morgan fingerprint density at radius 3 is 1.76 bits per heavy atom. The van der Waals surface area contributed by atoms with E-state index in [2.05, 4.69) is 4.36 Å². The van der Waals surface area contributed by atoms with E-state index in [1.165, 1.54) is 0 Å². The molecule has 0 aliphatic carbocycles. The lowest BCUT2D eigenvalue weighted by Gasteiger charge is -2.04. The lowest BCUT2D eigenvalue weighted by molar-refractivity contribution is -0.138. The lowest BCUT2D eigenvalue weighted by atomic mass is 10.1. The van der Waals surface area contributed by atoms with E-state index in [1.54, 1.807) is 30.3 Å². The van der Waals surface area contributed by atoms with Crippen LogP contribution in [0.5, 0.6) is 0 Å². The standard InChI is InChI=1S/C9H9NO4S.C6H6/c11-9(12)8(10-15(13)14)6-7-4-2-1-3-5-7;1-2-4-6-5-3-1/h1-5,8H,6H2,(H,11,12);1-6H. The molecule has 0 aromatic heterocycles. The van der Waals surface area contributed by atoms with Crippen molar-refractivity contribution in [3.63, 3.8) is 0 Å². The second-order valence-electron chi connectivity index (χ2n) is 4.02. The van der Waals surface area contributed by atoms with Gasteiger partial charge in [0.25, 0.3) is 0 Å². The molecule has 0 bridgehead atoms. The van der Waals surface area contributed by atoms with E-state index < -0.39 is 22.5 Å². The van der Waals surface area contributed by atoms with Crippen LogP contribution in [0.3, 0.4) is 0 Å². The van der Waals surface area contributed by atoms with Gasteiger partial charge in [0, 0.05) is 6.42 Å². The van der Waals surface area contributed by atoms with E-state index >= 15 is 0 Å². The molecule has 21 heavy (non-hydrogen) atoms. The summed E-state index contributed by atoms with van der Waals surface area (Å²) in [5.41, 5.74) is 0.735. The maximum absolute atomic E-state index is 10.7. The molecule has 0 aliphatic heterocycles. The monoisotopic (exact) mass is 305 g/mol. The summed E-state index contributed by atoms with van der Waals surface area (Å²) >= 11 is 0. The summed E-state index contributed by atoms with van der Waals surface area (Å²) in [6.07, 6.45) is 0.0736. The summed E-state index contributed by atoms with van der Waals surface area (Å²) in [6, 6.07) is 19.5. The smallest absolute Gasteiger partial charge is 0.330 e. The van der Waals surface area contributed by atoms with Gasteiger partial charge >= 0.3 is 16.5 Å². The van der Waals surface area contributed by atoms with Crippen LogP contribution in [0.25, 0.3) is 0 Å². The highest BCUT2D eigenvalue weighted by atomic mass is 32.2. The first-order valence-electron chi connectivity index (χ1n) is 6.16. The van der Waals surface area contributed by atoms with Gasteiger partial charge < -0.3 is 5.11 Å². The SMILES string of the molecule is O=C(O)C(Cc1ccccc1)N=S(=O)=O.c1ccccc1. The number of carboxylic acids is 1. The van der Waals surface area contributed by atoms with Gasteiger partial charge in [0.05, 0.1) is 0 Å². The summed E-state index contributed by atoms with van der Waals surface area (Å²) in [7, 11) is -2.70. The minimum Gasteiger partial charge on any atom is -0.480 e. The summed E-state index contributed by atoms with van der Waals surface area (Å²) < 4.78 is 23.6. The van der Waals surface area contributed by atoms with Gasteiger partial charge in [0.15, 0.2) is 6.04 Å². The number of carboxylic acid groups (broad SMARTS) is 1. The van der Waals surface area contributed by atoms with Crippen molar-refractivity contribution >= 4 is 16.5 Å². The summed E-state index contributed by atoms with van der Waals surface area (Å²) in [5, 5.41) is 8.72. The molecule has 2 aromatic carbocycles. The van der Waals surface area contributed by atoms with Crippen molar-refractivity contribution in [3.8, 4) is 0 Å². The minimum absolute atomic E-state index is 0.0736. The molecular formula is C15H15NO4S. The van der Waals surface area contributed by atoms with Crippen molar-refractivity contribution in [2.45, 2.75) is 12.5 Å². The molecule has 6 heteroatoms. The van der Waals surface area contributed by atoms with E-state index in [1.807, 2.05) is 36.4 Å². The van der Waals surface area contributed by atoms with Crippen LogP contribution in [0.2, 0.25) is 0 Å². The molecule has 0 fully saturated rings. The highest BCUT2D eigenvalue weighted by molar-refractivity contribution is 7.61. The van der Waals surface area contributed by atoms with Gasteiger partial charge in [0.2, 0.25) is 0 Å². The van der Waals surface area contributed by atoms with Crippen molar-refractivity contribution < 1.29 is 18.3 Å². The molecule has 1 atom stereocenters. The number of benzene rings is 2. The summed E-state index contributed by atoms with van der Waals surface area (Å²) in [5.74, 6) is -1.25. The van der Waals surface area contributed by atoms with Gasteiger partial charge in [-0.2, -0.15) is 12.8 Å². The Bertz CT molecular complexity index is 635. The molecule has 0 saturated carbocycles. The molecule has 0 heterocycles. The highest BCUT2D eigenvalue weighted by Gasteiger charge is 2.17. The molecule has 0 spiro atoms. The first kappa shape index (κ1) is 16.6. The molecule has 2 rings (SSSR count). The fraction of sp³-hybridized carbons (Fsp3) is 0.133. The number of aliphatic carboxylic acids is 1. The lowest BCUT2D eigenvalue weighted by Crippen LogP contribution is -2.20. The number of nitrogens with zero attached hydrogens (tertiary/aromatic N) is 1. The Labute approximate surface area is 124 Å². The molecule has 0 aliphatic rings. The molecule has 2 aromatic rings. The number of carbonyl (C=O) groups is 1. The Morgan fingerprint density at radius 1 is 0.952 bits per heavy atom. The molecule has 1 unspecified atom stereocenters. The van der Waals surface area contributed by atoms with E-state index in [-0.39, 0.29) is 6.42 Å². The highest BCUT2D eigenvalue weighted by Crippen LogP contribution is 2.05. The molecule has 0 amide bonds. The fourth-order valence-electron chi connectivity index (χ4n) is 1.50. The van der Waals surface area contributed by atoms with Crippen LogP contribution < -0.4 is 0 Å². The van der Waals surface area contributed by atoms with Gasteiger partial charge in [0.1, 0.15) is 0 Å². The summed E-state index contributed by atoms with van der Waals surface area (Å²) in [6.45, 7) is 0. The maximum atomic E-state index is 10.7. The number of hydrogen-bond acceptors (Lipinski definition) is 4. The zero-order valence-electron chi connectivity index (χ0n) is 11.2.